The van der Waals surface area contributed by atoms with Gasteiger partial charge in [0.25, 0.3) is 0 Å². The second-order valence-electron chi connectivity index (χ2n) is 4.23. The van der Waals surface area contributed by atoms with Crippen LogP contribution in [0.15, 0.2) is 6.33 Å². The zero-order valence-corrected chi connectivity index (χ0v) is 11.3. The van der Waals surface area contributed by atoms with Crippen molar-refractivity contribution < 1.29 is 25.0 Å². The summed E-state index contributed by atoms with van der Waals surface area (Å²) in [6, 6.07) is 0. The number of nitrogens with one attached hydrogen (secondary N) is 1. The van der Waals surface area contributed by atoms with Crippen molar-refractivity contribution in [2.24, 2.45) is 0 Å². The summed E-state index contributed by atoms with van der Waals surface area (Å²) in [5.41, 5.74) is -0.538. The molecule has 11 heteroatoms. The lowest BCUT2D eigenvalue weighted by Gasteiger charge is -2.16. The molecule has 0 amide bonds. The van der Waals surface area contributed by atoms with Crippen LogP contribution in [-0.4, -0.2) is 66.7 Å². The molecule has 0 saturated carbocycles. The summed E-state index contributed by atoms with van der Waals surface area (Å²) >= 11 is 4.65. The van der Waals surface area contributed by atoms with Crippen molar-refractivity contribution in [2.45, 2.75) is 24.5 Å². The lowest BCUT2D eigenvalue weighted by Crippen LogP contribution is -2.36. The van der Waals surface area contributed by atoms with Gasteiger partial charge in [-0.25, -0.2) is 9.97 Å². The summed E-state index contributed by atoms with van der Waals surface area (Å²) in [6.45, 7) is -0.506. The molecule has 2 rings (SSSR count). The van der Waals surface area contributed by atoms with Gasteiger partial charge in [0.05, 0.1) is 11.5 Å². The van der Waals surface area contributed by atoms with Crippen LogP contribution in [0, 0.1) is 10.1 Å². The molecule has 1 saturated heterocycles. The molecule has 21 heavy (non-hydrogen) atoms. The van der Waals surface area contributed by atoms with Crippen LogP contribution >= 0.6 is 12.2 Å². The minimum atomic E-state index is -1.38. The Balaban J connectivity index is 2.28. The van der Waals surface area contributed by atoms with Crippen LogP contribution in [0.5, 0.6) is 0 Å². The summed E-state index contributed by atoms with van der Waals surface area (Å²) in [4.78, 5) is 17.7. The van der Waals surface area contributed by atoms with Crippen molar-refractivity contribution in [1.82, 2.24) is 9.97 Å². The Morgan fingerprint density at radius 2 is 2.19 bits per heavy atom. The van der Waals surface area contributed by atoms with Crippen molar-refractivity contribution in [3.8, 4) is 0 Å². The van der Waals surface area contributed by atoms with Gasteiger partial charge in [0, 0.05) is 5.37 Å². The predicted octanol–water partition coefficient (Wildman–Crippen LogP) is -1.42. The van der Waals surface area contributed by atoms with E-state index in [4.69, 9.17) is 9.84 Å². The average molecular weight is 316 g/mol. The number of aromatic nitrogens is 2. The second-order valence-corrected chi connectivity index (χ2v) is 4.47. The zero-order chi connectivity index (χ0) is 15.6. The number of anilines is 1. The minimum absolute atomic E-state index is 0.0701. The van der Waals surface area contributed by atoms with Crippen LogP contribution in [0.2, 0.25) is 0 Å². The highest BCUT2D eigenvalue weighted by Crippen LogP contribution is 2.28. The van der Waals surface area contributed by atoms with E-state index in [-0.39, 0.29) is 11.5 Å². The highest BCUT2D eigenvalue weighted by atomic mass is 32.1. The first-order chi connectivity index (χ1) is 9.99. The quantitative estimate of drug-likeness (QED) is 0.289. The fraction of sp³-hybridized carbons (Fsp3) is 0.500. The third kappa shape index (κ3) is 2.96. The van der Waals surface area contributed by atoms with Crippen LogP contribution in [0.25, 0.3) is 0 Å². The Bertz CT molecular complexity index is 558. The van der Waals surface area contributed by atoms with Gasteiger partial charge in [-0.05, 0) is 0 Å². The van der Waals surface area contributed by atoms with Crippen LogP contribution in [-0.2, 0) is 4.74 Å². The van der Waals surface area contributed by atoms with E-state index in [1.165, 1.54) is 0 Å². The first-order valence-electron chi connectivity index (χ1n) is 5.83. The highest BCUT2D eigenvalue weighted by Gasteiger charge is 2.43. The Hall–Kier alpha value is -1.79. The standard InChI is InChI=1S/C10H12N4O6S/c15-1-5-7(16)8(17)10(20-5)13-9-6(14(18)19)4(2-21)11-3-12-9/h2-3,5,7-8,10,15-17H,1H2,(H,11,12,13)/t5-,7-,8-,10-/m1/s1. The van der Waals surface area contributed by atoms with Crippen LogP contribution in [0.1, 0.15) is 5.69 Å². The molecule has 0 radical (unpaired) electrons. The molecular formula is C10H12N4O6S. The van der Waals surface area contributed by atoms with Gasteiger partial charge in [0.1, 0.15) is 24.6 Å². The number of rotatable bonds is 5. The molecule has 1 fully saturated rings. The maximum Gasteiger partial charge on any atom is 0.337 e. The van der Waals surface area contributed by atoms with E-state index >= 15 is 0 Å². The smallest absolute Gasteiger partial charge is 0.337 e. The van der Waals surface area contributed by atoms with Crippen molar-refractivity contribution in [3.63, 3.8) is 0 Å². The lowest BCUT2D eigenvalue weighted by molar-refractivity contribution is -0.384. The van der Waals surface area contributed by atoms with Gasteiger partial charge in [-0.3, -0.25) is 10.1 Å². The molecule has 0 spiro atoms. The van der Waals surface area contributed by atoms with Gasteiger partial charge in [0.2, 0.25) is 5.82 Å². The predicted molar refractivity (Wildman–Crippen MR) is 72.8 cm³/mol. The van der Waals surface area contributed by atoms with Gasteiger partial charge < -0.3 is 25.4 Å². The van der Waals surface area contributed by atoms with Crippen molar-refractivity contribution in [3.05, 3.63) is 22.1 Å². The first kappa shape index (κ1) is 15.6. The molecule has 0 unspecified atom stereocenters. The maximum atomic E-state index is 11.1. The number of hydrogen-bond acceptors (Lipinski definition) is 10. The molecule has 1 aromatic rings. The molecule has 1 aromatic heterocycles. The van der Waals surface area contributed by atoms with E-state index in [1.807, 2.05) is 0 Å². The first-order valence-corrected chi connectivity index (χ1v) is 6.30. The average Bonchev–Trinajstić information content (AvgIpc) is 2.74. The topological polar surface area (TPSA) is 151 Å². The third-order valence-corrected chi connectivity index (χ3v) is 3.19. The third-order valence-electron chi connectivity index (χ3n) is 2.97. The molecule has 1 aliphatic rings. The number of hydrogen-bond donors (Lipinski definition) is 4. The lowest BCUT2D eigenvalue weighted by atomic mass is 10.1. The maximum absolute atomic E-state index is 11.1. The van der Waals surface area contributed by atoms with E-state index in [9.17, 15) is 20.3 Å². The number of nitro groups is 1. The summed E-state index contributed by atoms with van der Waals surface area (Å²) in [5, 5.41) is 43.0. The second kappa shape index (κ2) is 6.32. The monoisotopic (exact) mass is 316 g/mol. The van der Waals surface area contributed by atoms with E-state index in [0.29, 0.717) is 0 Å². The van der Waals surface area contributed by atoms with E-state index in [2.05, 4.69) is 27.5 Å². The largest absolute Gasteiger partial charge is 0.394 e. The normalized spacial score (nSPS) is 28.3. The van der Waals surface area contributed by atoms with Gasteiger partial charge in [0.15, 0.2) is 11.9 Å². The van der Waals surface area contributed by atoms with E-state index in [1.54, 1.807) is 0 Å². The SMILES string of the molecule is O=[N+]([O-])c1c(C=S)ncnc1N[C@@H]1O[C@H](CO)[C@@H](O)[C@H]1O. The van der Waals surface area contributed by atoms with E-state index in [0.717, 1.165) is 11.7 Å². The van der Waals surface area contributed by atoms with Gasteiger partial charge in [-0.1, -0.05) is 12.2 Å². The number of thiocarbonyl (C=S) groups is 1. The summed E-state index contributed by atoms with van der Waals surface area (Å²) in [5.74, 6) is -0.207. The Morgan fingerprint density at radius 1 is 1.48 bits per heavy atom. The Kier molecular flexibility index (Phi) is 4.69. The number of nitrogens with zero attached hydrogens (tertiary/aromatic N) is 3. The molecule has 4 atom stereocenters. The molecule has 4 N–H and O–H groups in total. The van der Waals surface area contributed by atoms with E-state index < -0.39 is 41.8 Å². The fourth-order valence-electron chi connectivity index (χ4n) is 1.92. The van der Waals surface area contributed by atoms with Crippen LogP contribution in [0.4, 0.5) is 11.5 Å². The van der Waals surface area contributed by atoms with Crippen molar-refractivity contribution in [2.75, 3.05) is 11.9 Å². The summed E-state index contributed by atoms with van der Waals surface area (Å²) in [7, 11) is 0. The van der Waals surface area contributed by atoms with Gasteiger partial charge >= 0.3 is 5.69 Å². The molecule has 0 bridgehead atoms. The minimum Gasteiger partial charge on any atom is -0.394 e. The highest BCUT2D eigenvalue weighted by molar-refractivity contribution is 7.79. The number of aliphatic hydroxyl groups is 3. The summed E-state index contributed by atoms with van der Waals surface area (Å²) in [6.07, 6.45) is -3.80. The van der Waals surface area contributed by atoms with Crippen molar-refractivity contribution >= 4 is 29.1 Å². The number of aliphatic hydroxyl groups excluding tert-OH is 3. The zero-order valence-electron chi connectivity index (χ0n) is 10.5. The molecule has 0 aromatic carbocycles. The fourth-order valence-corrected chi connectivity index (χ4v) is 2.09. The molecular weight excluding hydrogens is 304 g/mol. The van der Waals surface area contributed by atoms with Gasteiger partial charge in [-0.2, -0.15) is 0 Å². The molecule has 10 nitrogen and oxygen atoms in total. The Morgan fingerprint density at radius 3 is 2.71 bits per heavy atom. The van der Waals surface area contributed by atoms with Crippen LogP contribution < -0.4 is 5.32 Å². The molecule has 0 aliphatic carbocycles. The summed E-state index contributed by atoms with van der Waals surface area (Å²) < 4.78 is 5.17. The Labute approximate surface area is 123 Å². The molecule has 1 aliphatic heterocycles. The van der Waals surface area contributed by atoms with Crippen molar-refractivity contribution in [1.29, 1.82) is 0 Å². The number of ether oxygens (including phenoxy) is 1. The molecule has 114 valence electrons. The van der Waals surface area contributed by atoms with Gasteiger partial charge in [-0.15, -0.1) is 0 Å². The van der Waals surface area contributed by atoms with Crippen LogP contribution in [0.3, 0.4) is 0 Å². The molecule has 2 heterocycles.